The van der Waals surface area contributed by atoms with Gasteiger partial charge < -0.3 is 10.6 Å². The van der Waals surface area contributed by atoms with Crippen molar-refractivity contribution in [2.75, 3.05) is 20.1 Å². The average Bonchev–Trinajstić information content (AvgIpc) is 3.02. The van der Waals surface area contributed by atoms with E-state index in [1.165, 1.54) is 6.20 Å². The Balaban J connectivity index is 1.83. The fourth-order valence-electron chi connectivity index (χ4n) is 3.18. The highest BCUT2D eigenvalue weighted by Crippen LogP contribution is 2.25. The van der Waals surface area contributed by atoms with Gasteiger partial charge in [0.2, 0.25) is 0 Å². The SMILES string of the molecule is CN/C(N[C@@H]1CCCN(Cl)C1)=C1/C=CN(S(=O)(=O)c2ccc(C)cc2)C1=N. The smallest absolute Gasteiger partial charge is 0.269 e. The second-order valence-corrected chi connectivity index (χ2v) is 8.96. The highest BCUT2D eigenvalue weighted by Gasteiger charge is 2.32. The monoisotopic (exact) mass is 409 g/mol. The minimum absolute atomic E-state index is 0.0917. The Morgan fingerprint density at radius 2 is 2.00 bits per heavy atom. The van der Waals surface area contributed by atoms with Gasteiger partial charge in [-0.05, 0) is 49.8 Å². The molecule has 2 aliphatic rings. The van der Waals surface area contributed by atoms with Crippen molar-refractivity contribution in [3.05, 3.63) is 53.5 Å². The molecule has 7 nitrogen and oxygen atoms in total. The third kappa shape index (κ3) is 4.12. The summed E-state index contributed by atoms with van der Waals surface area (Å²) in [7, 11) is -2.07. The van der Waals surface area contributed by atoms with Crippen LogP contribution in [-0.4, -0.2) is 49.2 Å². The van der Waals surface area contributed by atoms with Gasteiger partial charge in [-0.3, -0.25) is 5.41 Å². The largest absolute Gasteiger partial charge is 0.374 e. The molecule has 27 heavy (non-hydrogen) atoms. The van der Waals surface area contributed by atoms with Crippen LogP contribution in [0, 0.1) is 12.3 Å². The summed E-state index contributed by atoms with van der Waals surface area (Å²) >= 11 is 6.10. The van der Waals surface area contributed by atoms with Gasteiger partial charge in [0, 0.05) is 32.4 Å². The molecule has 146 valence electrons. The summed E-state index contributed by atoms with van der Waals surface area (Å²) in [6.07, 6.45) is 4.99. The fourth-order valence-corrected chi connectivity index (χ4v) is 4.73. The van der Waals surface area contributed by atoms with E-state index in [1.54, 1.807) is 41.8 Å². The summed E-state index contributed by atoms with van der Waals surface area (Å²) in [6, 6.07) is 6.74. The van der Waals surface area contributed by atoms with Gasteiger partial charge in [0.05, 0.1) is 10.5 Å². The number of amidine groups is 1. The Morgan fingerprint density at radius 3 is 2.63 bits per heavy atom. The van der Waals surface area contributed by atoms with Gasteiger partial charge in [-0.25, -0.2) is 17.1 Å². The van der Waals surface area contributed by atoms with Crippen LogP contribution in [0.3, 0.4) is 0 Å². The lowest BCUT2D eigenvalue weighted by atomic mass is 10.1. The Labute approximate surface area is 165 Å². The number of piperidine rings is 1. The zero-order valence-corrected chi connectivity index (χ0v) is 16.9. The molecule has 2 heterocycles. The number of nitrogens with one attached hydrogen (secondary N) is 3. The second kappa shape index (κ2) is 7.92. The van der Waals surface area contributed by atoms with E-state index in [4.69, 9.17) is 17.2 Å². The van der Waals surface area contributed by atoms with Gasteiger partial charge >= 0.3 is 0 Å². The molecule has 0 unspecified atom stereocenters. The molecule has 0 aromatic heterocycles. The Hall–Kier alpha value is -2.03. The molecule has 1 aromatic carbocycles. The molecule has 9 heteroatoms. The molecule has 1 atom stereocenters. The minimum atomic E-state index is -3.82. The summed E-state index contributed by atoms with van der Waals surface area (Å²) < 4.78 is 28.5. The maximum absolute atomic E-state index is 12.9. The van der Waals surface area contributed by atoms with Crippen LogP contribution >= 0.6 is 11.8 Å². The summed E-state index contributed by atoms with van der Waals surface area (Å²) in [4.78, 5) is 0.160. The number of hydrogen-bond acceptors (Lipinski definition) is 6. The van der Waals surface area contributed by atoms with E-state index in [2.05, 4.69) is 10.6 Å². The standard InChI is InChI=1S/C18H24ClN5O2S/c1-13-5-7-15(8-6-13)27(25,26)24-11-9-16(17(24)20)18(21-2)22-14-4-3-10-23(19)12-14/h5-9,11,14,20-22H,3-4,10,12H2,1-2H3/b18-16+,20-17?/t14-/m1/s1. The first-order valence-corrected chi connectivity index (χ1v) is 10.6. The Bertz CT molecular complexity index is 880. The topological polar surface area (TPSA) is 88.5 Å². The molecule has 2 aliphatic heterocycles. The molecule has 3 N–H and O–H groups in total. The van der Waals surface area contributed by atoms with E-state index in [0.717, 1.165) is 29.3 Å². The van der Waals surface area contributed by atoms with Crippen LogP contribution in [0.4, 0.5) is 0 Å². The highest BCUT2D eigenvalue weighted by atomic mass is 35.5. The van der Waals surface area contributed by atoms with E-state index in [1.807, 2.05) is 6.92 Å². The van der Waals surface area contributed by atoms with Crippen molar-refractivity contribution < 1.29 is 8.42 Å². The highest BCUT2D eigenvalue weighted by molar-refractivity contribution is 7.89. The van der Waals surface area contributed by atoms with Crippen molar-refractivity contribution in [1.82, 2.24) is 19.4 Å². The molecule has 0 radical (unpaired) electrons. The molecule has 1 aromatic rings. The van der Waals surface area contributed by atoms with Crippen molar-refractivity contribution in [2.24, 2.45) is 0 Å². The van der Waals surface area contributed by atoms with Crippen molar-refractivity contribution in [2.45, 2.75) is 30.7 Å². The second-order valence-electron chi connectivity index (χ2n) is 6.67. The molecule has 0 saturated carbocycles. The van der Waals surface area contributed by atoms with Crippen molar-refractivity contribution in [3.63, 3.8) is 0 Å². The van der Waals surface area contributed by atoms with Crippen molar-refractivity contribution in [1.29, 1.82) is 5.41 Å². The number of nitrogens with zero attached hydrogens (tertiary/aromatic N) is 2. The van der Waals surface area contributed by atoms with Gasteiger partial charge in [0.1, 0.15) is 11.7 Å². The van der Waals surface area contributed by atoms with Crippen molar-refractivity contribution >= 4 is 27.6 Å². The van der Waals surface area contributed by atoms with Gasteiger partial charge in [0.25, 0.3) is 10.0 Å². The van der Waals surface area contributed by atoms with Gasteiger partial charge in [-0.2, -0.15) is 0 Å². The van der Waals surface area contributed by atoms with E-state index in [9.17, 15) is 8.42 Å². The van der Waals surface area contributed by atoms with Crippen LogP contribution in [0.5, 0.6) is 0 Å². The maximum Gasteiger partial charge on any atom is 0.269 e. The van der Waals surface area contributed by atoms with Crippen LogP contribution in [-0.2, 0) is 10.0 Å². The van der Waals surface area contributed by atoms with Crippen LogP contribution in [0.25, 0.3) is 0 Å². The predicted octanol–water partition coefficient (Wildman–Crippen LogP) is 2.13. The van der Waals surface area contributed by atoms with Crippen LogP contribution in [0.1, 0.15) is 18.4 Å². The van der Waals surface area contributed by atoms with Crippen LogP contribution in [0.2, 0.25) is 0 Å². The van der Waals surface area contributed by atoms with E-state index in [-0.39, 0.29) is 16.8 Å². The Kier molecular flexibility index (Phi) is 5.78. The number of benzene rings is 1. The van der Waals surface area contributed by atoms with E-state index >= 15 is 0 Å². The third-order valence-corrected chi connectivity index (χ3v) is 6.67. The van der Waals surface area contributed by atoms with Gasteiger partial charge in [0.15, 0.2) is 0 Å². The number of rotatable bonds is 5. The third-order valence-electron chi connectivity index (χ3n) is 4.67. The van der Waals surface area contributed by atoms with E-state index < -0.39 is 10.0 Å². The molecular weight excluding hydrogens is 386 g/mol. The summed E-state index contributed by atoms with van der Waals surface area (Å²) in [6.45, 7) is 3.43. The maximum atomic E-state index is 12.9. The van der Waals surface area contributed by atoms with Gasteiger partial charge in [-0.15, -0.1) is 0 Å². The first-order chi connectivity index (χ1) is 12.8. The average molecular weight is 410 g/mol. The zero-order chi connectivity index (χ0) is 19.6. The normalized spacial score (nSPS) is 22.9. The first-order valence-electron chi connectivity index (χ1n) is 8.80. The lowest BCUT2D eigenvalue weighted by molar-refractivity contribution is 0.304. The minimum Gasteiger partial charge on any atom is -0.374 e. The lowest BCUT2D eigenvalue weighted by Crippen LogP contribution is -2.44. The number of halogens is 1. The number of sulfonamides is 1. The molecule has 0 spiro atoms. The van der Waals surface area contributed by atoms with E-state index in [0.29, 0.717) is 17.9 Å². The summed E-state index contributed by atoms with van der Waals surface area (Å²) in [5.41, 5.74) is 1.48. The number of aryl methyl sites for hydroxylation is 1. The quantitative estimate of drug-likeness (QED) is 0.648. The molecular formula is C18H24ClN5O2S. The molecule has 0 bridgehead atoms. The van der Waals surface area contributed by atoms with Crippen LogP contribution in [0.15, 0.2) is 52.8 Å². The molecule has 0 amide bonds. The Morgan fingerprint density at radius 1 is 1.30 bits per heavy atom. The summed E-state index contributed by atoms with van der Waals surface area (Å²) in [5, 5.41) is 14.8. The van der Waals surface area contributed by atoms with Gasteiger partial charge in [-0.1, -0.05) is 17.7 Å². The fraction of sp³-hybridized carbons (Fsp3) is 0.389. The summed E-state index contributed by atoms with van der Waals surface area (Å²) in [5.74, 6) is 0.529. The van der Waals surface area contributed by atoms with Crippen molar-refractivity contribution in [3.8, 4) is 0 Å². The zero-order valence-electron chi connectivity index (χ0n) is 15.4. The first kappa shape index (κ1) is 19.7. The molecule has 1 saturated heterocycles. The molecule has 1 fully saturated rings. The van der Waals surface area contributed by atoms with Crippen LogP contribution < -0.4 is 10.6 Å². The molecule has 3 rings (SSSR count). The number of hydrogen-bond donors (Lipinski definition) is 3. The lowest BCUT2D eigenvalue weighted by Gasteiger charge is -2.30. The predicted molar refractivity (Wildman–Crippen MR) is 107 cm³/mol. The molecule has 0 aliphatic carbocycles.